The molecule has 2 rings (SSSR count). The van der Waals surface area contributed by atoms with E-state index in [1.54, 1.807) is 0 Å². The number of benzene rings is 1. The van der Waals surface area contributed by atoms with Crippen LogP contribution < -0.4 is 5.32 Å². The highest BCUT2D eigenvalue weighted by molar-refractivity contribution is 9.10. The first-order chi connectivity index (χ1) is 9.18. The van der Waals surface area contributed by atoms with Crippen LogP contribution in [-0.4, -0.2) is 37.0 Å². The standard InChI is InChI=1S/C15H21BrN2O/c1-18(12-6-2-3-7-12)11-10-17-15(19)13-8-4-5-9-14(13)16/h4-5,8-9,12H,2-3,6-7,10-11H2,1H3,(H,17,19). The summed E-state index contributed by atoms with van der Waals surface area (Å²) in [6.45, 7) is 1.62. The molecule has 3 nitrogen and oxygen atoms in total. The zero-order valence-corrected chi connectivity index (χ0v) is 12.9. The van der Waals surface area contributed by atoms with Crippen LogP contribution in [-0.2, 0) is 0 Å². The summed E-state index contributed by atoms with van der Waals surface area (Å²) < 4.78 is 0.844. The van der Waals surface area contributed by atoms with Crippen molar-refractivity contribution in [3.8, 4) is 0 Å². The van der Waals surface area contributed by atoms with Gasteiger partial charge >= 0.3 is 0 Å². The Morgan fingerprint density at radius 3 is 2.74 bits per heavy atom. The number of hydrogen-bond acceptors (Lipinski definition) is 2. The molecule has 1 aliphatic carbocycles. The molecule has 1 fully saturated rings. The van der Waals surface area contributed by atoms with Gasteiger partial charge in [0.1, 0.15) is 0 Å². The largest absolute Gasteiger partial charge is 0.351 e. The van der Waals surface area contributed by atoms with Crippen molar-refractivity contribution >= 4 is 21.8 Å². The number of rotatable bonds is 5. The molecule has 19 heavy (non-hydrogen) atoms. The van der Waals surface area contributed by atoms with Crippen LogP contribution in [0.3, 0.4) is 0 Å². The Morgan fingerprint density at radius 1 is 1.37 bits per heavy atom. The highest BCUT2D eigenvalue weighted by Gasteiger charge is 2.19. The molecule has 0 aliphatic heterocycles. The molecule has 0 bridgehead atoms. The van der Waals surface area contributed by atoms with Gasteiger partial charge in [-0.05, 0) is 48.0 Å². The minimum Gasteiger partial charge on any atom is -0.351 e. The fourth-order valence-electron chi connectivity index (χ4n) is 2.61. The lowest BCUT2D eigenvalue weighted by Crippen LogP contribution is -2.37. The van der Waals surface area contributed by atoms with E-state index in [4.69, 9.17) is 0 Å². The topological polar surface area (TPSA) is 32.3 Å². The zero-order valence-electron chi connectivity index (χ0n) is 11.4. The summed E-state index contributed by atoms with van der Waals surface area (Å²) in [5.41, 5.74) is 0.700. The highest BCUT2D eigenvalue weighted by Crippen LogP contribution is 2.21. The summed E-state index contributed by atoms with van der Waals surface area (Å²) in [5, 5.41) is 2.98. The van der Waals surface area contributed by atoms with Crippen LogP contribution in [0.5, 0.6) is 0 Å². The smallest absolute Gasteiger partial charge is 0.252 e. The van der Waals surface area contributed by atoms with E-state index in [2.05, 4.69) is 33.2 Å². The molecule has 0 heterocycles. The lowest BCUT2D eigenvalue weighted by Gasteiger charge is -2.23. The maximum atomic E-state index is 12.0. The van der Waals surface area contributed by atoms with Crippen molar-refractivity contribution in [3.63, 3.8) is 0 Å². The third-order valence-corrected chi connectivity index (χ3v) is 4.51. The van der Waals surface area contributed by atoms with Gasteiger partial charge in [-0.25, -0.2) is 0 Å². The molecule has 1 aromatic rings. The average molecular weight is 325 g/mol. The number of likely N-dealkylation sites (N-methyl/N-ethyl adjacent to an activating group) is 1. The molecule has 1 N–H and O–H groups in total. The molecule has 0 aromatic heterocycles. The van der Waals surface area contributed by atoms with E-state index in [-0.39, 0.29) is 5.91 Å². The lowest BCUT2D eigenvalue weighted by molar-refractivity contribution is 0.0946. The number of halogens is 1. The minimum atomic E-state index is -0.00713. The van der Waals surface area contributed by atoms with Gasteiger partial charge in [-0.1, -0.05) is 25.0 Å². The van der Waals surface area contributed by atoms with Gasteiger partial charge in [0.15, 0.2) is 0 Å². The lowest BCUT2D eigenvalue weighted by atomic mass is 10.2. The molecule has 0 saturated heterocycles. The Labute approximate surface area is 123 Å². The van der Waals surface area contributed by atoms with E-state index in [1.807, 2.05) is 24.3 Å². The Bertz CT molecular complexity index is 430. The minimum absolute atomic E-state index is 0.00713. The van der Waals surface area contributed by atoms with Crippen LogP contribution in [0.4, 0.5) is 0 Å². The summed E-state index contributed by atoms with van der Waals surface area (Å²) in [7, 11) is 2.15. The molecule has 1 saturated carbocycles. The number of hydrogen-bond donors (Lipinski definition) is 1. The fraction of sp³-hybridized carbons (Fsp3) is 0.533. The van der Waals surface area contributed by atoms with Crippen LogP contribution in [0.15, 0.2) is 28.7 Å². The molecule has 0 atom stereocenters. The van der Waals surface area contributed by atoms with Crippen molar-refractivity contribution < 1.29 is 4.79 Å². The molecule has 4 heteroatoms. The van der Waals surface area contributed by atoms with E-state index in [0.717, 1.165) is 11.0 Å². The third kappa shape index (κ3) is 4.05. The first kappa shape index (κ1) is 14.5. The second-order valence-electron chi connectivity index (χ2n) is 5.15. The van der Waals surface area contributed by atoms with Gasteiger partial charge in [-0.3, -0.25) is 4.79 Å². The predicted octanol–water partition coefficient (Wildman–Crippen LogP) is 3.05. The van der Waals surface area contributed by atoms with E-state index in [0.29, 0.717) is 18.2 Å². The van der Waals surface area contributed by atoms with Crippen LogP contribution in [0, 0.1) is 0 Å². The van der Waals surface area contributed by atoms with Crippen LogP contribution in [0.25, 0.3) is 0 Å². The zero-order chi connectivity index (χ0) is 13.7. The average Bonchev–Trinajstić information content (AvgIpc) is 2.93. The second-order valence-corrected chi connectivity index (χ2v) is 6.01. The van der Waals surface area contributed by atoms with E-state index >= 15 is 0 Å². The van der Waals surface area contributed by atoms with Crippen molar-refractivity contribution in [2.24, 2.45) is 0 Å². The van der Waals surface area contributed by atoms with E-state index < -0.39 is 0 Å². The van der Waals surface area contributed by atoms with Gasteiger partial charge in [0.25, 0.3) is 5.91 Å². The number of nitrogens with zero attached hydrogens (tertiary/aromatic N) is 1. The summed E-state index contributed by atoms with van der Waals surface area (Å²) in [6, 6.07) is 8.22. The van der Waals surface area contributed by atoms with Crippen LogP contribution in [0.1, 0.15) is 36.0 Å². The van der Waals surface area contributed by atoms with Crippen LogP contribution >= 0.6 is 15.9 Å². The number of carbonyl (C=O) groups excluding carboxylic acids is 1. The Balaban J connectivity index is 1.76. The maximum Gasteiger partial charge on any atom is 0.252 e. The fourth-order valence-corrected chi connectivity index (χ4v) is 3.08. The first-order valence-corrected chi connectivity index (χ1v) is 7.71. The normalized spacial score (nSPS) is 15.9. The van der Waals surface area contributed by atoms with Gasteiger partial charge in [-0.15, -0.1) is 0 Å². The third-order valence-electron chi connectivity index (χ3n) is 3.82. The molecule has 0 radical (unpaired) electrons. The Hall–Kier alpha value is -0.870. The van der Waals surface area contributed by atoms with Gasteiger partial charge < -0.3 is 10.2 Å². The summed E-state index contributed by atoms with van der Waals surface area (Å²) in [5.74, 6) is -0.00713. The van der Waals surface area contributed by atoms with E-state index in [1.165, 1.54) is 25.7 Å². The van der Waals surface area contributed by atoms with Crippen molar-refractivity contribution in [1.82, 2.24) is 10.2 Å². The summed E-state index contributed by atoms with van der Waals surface area (Å²) in [4.78, 5) is 14.4. The number of carbonyl (C=O) groups is 1. The Morgan fingerprint density at radius 2 is 2.05 bits per heavy atom. The van der Waals surface area contributed by atoms with Gasteiger partial charge in [-0.2, -0.15) is 0 Å². The van der Waals surface area contributed by atoms with Crippen molar-refractivity contribution in [2.75, 3.05) is 20.1 Å². The Kier molecular flexibility index (Phi) is 5.40. The molecule has 0 unspecified atom stereocenters. The summed E-state index contributed by atoms with van der Waals surface area (Å²) in [6.07, 6.45) is 5.29. The highest BCUT2D eigenvalue weighted by atomic mass is 79.9. The van der Waals surface area contributed by atoms with E-state index in [9.17, 15) is 4.79 Å². The maximum absolute atomic E-state index is 12.0. The second kappa shape index (κ2) is 7.06. The molecule has 1 aromatic carbocycles. The first-order valence-electron chi connectivity index (χ1n) is 6.91. The molecule has 104 valence electrons. The van der Waals surface area contributed by atoms with Crippen molar-refractivity contribution in [1.29, 1.82) is 0 Å². The number of amides is 1. The SMILES string of the molecule is CN(CCNC(=O)c1ccccc1Br)C1CCCC1. The monoisotopic (exact) mass is 324 g/mol. The van der Waals surface area contributed by atoms with Gasteiger partial charge in [0, 0.05) is 23.6 Å². The molecule has 0 spiro atoms. The molecule has 1 aliphatic rings. The quantitative estimate of drug-likeness (QED) is 0.902. The van der Waals surface area contributed by atoms with Gasteiger partial charge in [0.2, 0.25) is 0 Å². The van der Waals surface area contributed by atoms with Gasteiger partial charge in [0.05, 0.1) is 5.56 Å². The van der Waals surface area contributed by atoms with Crippen molar-refractivity contribution in [3.05, 3.63) is 34.3 Å². The molecule has 1 amide bonds. The number of nitrogens with one attached hydrogen (secondary N) is 1. The summed E-state index contributed by atoms with van der Waals surface area (Å²) >= 11 is 3.40. The predicted molar refractivity (Wildman–Crippen MR) is 81.4 cm³/mol. The van der Waals surface area contributed by atoms with Crippen LogP contribution in [0.2, 0.25) is 0 Å². The van der Waals surface area contributed by atoms with Crippen molar-refractivity contribution in [2.45, 2.75) is 31.7 Å². The molecular formula is C15H21BrN2O. The molecular weight excluding hydrogens is 304 g/mol.